The summed E-state index contributed by atoms with van der Waals surface area (Å²) in [4.78, 5) is 0. The summed E-state index contributed by atoms with van der Waals surface area (Å²) in [6, 6.07) is 0. The van der Waals surface area contributed by atoms with Crippen LogP contribution in [0.3, 0.4) is 0 Å². The van der Waals surface area contributed by atoms with Gasteiger partial charge in [-0.3, -0.25) is 0 Å². The number of aliphatic hydroxyl groups is 2. The Morgan fingerprint density at radius 1 is 1.07 bits per heavy atom. The van der Waals surface area contributed by atoms with Gasteiger partial charge in [-0.25, -0.2) is 0 Å². The van der Waals surface area contributed by atoms with Gasteiger partial charge in [0.05, 0.1) is 11.7 Å². The van der Waals surface area contributed by atoms with E-state index in [4.69, 9.17) is 0 Å². The minimum Gasteiger partial charge on any atom is -0.393 e. The van der Waals surface area contributed by atoms with Crippen LogP contribution in [0.5, 0.6) is 0 Å². The third kappa shape index (κ3) is 3.44. The first-order chi connectivity index (χ1) is 12.6. The van der Waals surface area contributed by atoms with E-state index in [0.717, 1.165) is 42.9 Å². The zero-order valence-corrected chi connectivity index (χ0v) is 18.1. The van der Waals surface area contributed by atoms with Crippen LogP contribution in [0.25, 0.3) is 0 Å². The number of rotatable bonds is 4. The monoisotopic (exact) mass is 374 g/mol. The summed E-state index contributed by atoms with van der Waals surface area (Å²) in [6.45, 7) is 9.04. The average molecular weight is 375 g/mol. The molecule has 0 aromatic carbocycles. The number of aliphatic hydroxyl groups excluding tert-OH is 1. The van der Waals surface area contributed by atoms with Gasteiger partial charge in [0.25, 0.3) is 0 Å². The molecule has 0 aromatic heterocycles. The van der Waals surface area contributed by atoms with Gasteiger partial charge in [0.15, 0.2) is 0 Å². The molecule has 0 saturated heterocycles. The van der Waals surface area contributed by atoms with Crippen LogP contribution in [0, 0.1) is 34.5 Å². The van der Waals surface area contributed by atoms with Crippen molar-refractivity contribution in [2.45, 2.75) is 110 Å². The number of hydrogen-bond acceptors (Lipinski definition) is 2. The summed E-state index contributed by atoms with van der Waals surface area (Å²) >= 11 is 0. The van der Waals surface area contributed by atoms with Crippen LogP contribution in [0.4, 0.5) is 0 Å². The summed E-state index contributed by atoms with van der Waals surface area (Å²) in [7, 11) is 0. The third-order valence-electron chi connectivity index (χ3n) is 9.62. The molecule has 0 aromatic rings. The Bertz CT molecular complexity index is 588. The quantitative estimate of drug-likeness (QED) is 0.604. The fraction of sp³-hybridized carbons (Fsp3) is 0.920. The van der Waals surface area contributed by atoms with E-state index in [9.17, 15) is 10.2 Å². The standard InChI is InChI=1S/C25H42O2/c1-23(2,27)13-5-6-17-8-10-21-20-9-7-18-16-19(26)11-14-25(18,4)22(20)12-15-24(17,21)3/h7,17,19-22,26-27H,5-6,8-16H2,1-4H3/t17-,19-,20?,21?,22?,24+,25-/m0/s1. The highest BCUT2D eigenvalue weighted by Gasteiger charge is 2.58. The lowest BCUT2D eigenvalue weighted by atomic mass is 9.47. The Kier molecular flexibility index (Phi) is 5.08. The highest BCUT2D eigenvalue weighted by atomic mass is 16.3. The average Bonchev–Trinajstić information content (AvgIpc) is 2.91. The highest BCUT2D eigenvalue weighted by Crippen LogP contribution is 2.66. The fourth-order valence-corrected chi connectivity index (χ4v) is 8.01. The fourth-order valence-electron chi connectivity index (χ4n) is 8.01. The SMILES string of the molecule is CC(C)(O)CCC[C@H]1CCC2C3CC=C4C[C@@H](O)CC[C@]4(C)C3CC[C@@]21C. The van der Waals surface area contributed by atoms with Crippen molar-refractivity contribution in [2.75, 3.05) is 0 Å². The van der Waals surface area contributed by atoms with Crippen molar-refractivity contribution in [1.29, 1.82) is 0 Å². The zero-order valence-electron chi connectivity index (χ0n) is 18.1. The molecule has 4 aliphatic rings. The first kappa shape index (κ1) is 20.0. The van der Waals surface area contributed by atoms with E-state index < -0.39 is 5.60 Å². The van der Waals surface area contributed by atoms with E-state index in [1.807, 2.05) is 13.8 Å². The Morgan fingerprint density at radius 2 is 1.85 bits per heavy atom. The van der Waals surface area contributed by atoms with Gasteiger partial charge < -0.3 is 10.2 Å². The van der Waals surface area contributed by atoms with Crippen LogP contribution in [0.2, 0.25) is 0 Å². The molecule has 4 aliphatic carbocycles. The summed E-state index contributed by atoms with van der Waals surface area (Å²) in [5.41, 5.74) is 1.96. The van der Waals surface area contributed by atoms with Crippen molar-refractivity contribution in [3.8, 4) is 0 Å². The molecule has 3 saturated carbocycles. The highest BCUT2D eigenvalue weighted by molar-refractivity contribution is 5.25. The van der Waals surface area contributed by atoms with Crippen molar-refractivity contribution in [1.82, 2.24) is 0 Å². The van der Waals surface area contributed by atoms with Crippen molar-refractivity contribution in [2.24, 2.45) is 34.5 Å². The lowest BCUT2D eigenvalue weighted by Crippen LogP contribution is -2.50. The van der Waals surface area contributed by atoms with Gasteiger partial charge in [-0.1, -0.05) is 31.9 Å². The Morgan fingerprint density at radius 3 is 2.59 bits per heavy atom. The first-order valence-electron chi connectivity index (χ1n) is 11.7. The van der Waals surface area contributed by atoms with Crippen LogP contribution in [-0.4, -0.2) is 21.9 Å². The summed E-state index contributed by atoms with van der Waals surface area (Å²) in [5.74, 6) is 3.47. The van der Waals surface area contributed by atoms with Gasteiger partial charge in [-0.15, -0.1) is 0 Å². The second-order valence-corrected chi connectivity index (χ2v) is 11.7. The van der Waals surface area contributed by atoms with Gasteiger partial charge in [-0.05, 0) is 113 Å². The van der Waals surface area contributed by atoms with Crippen molar-refractivity contribution < 1.29 is 10.2 Å². The number of hydrogen-bond donors (Lipinski definition) is 2. The van der Waals surface area contributed by atoms with Gasteiger partial charge >= 0.3 is 0 Å². The van der Waals surface area contributed by atoms with E-state index >= 15 is 0 Å². The minimum atomic E-state index is -0.513. The molecule has 7 atom stereocenters. The van der Waals surface area contributed by atoms with Crippen LogP contribution >= 0.6 is 0 Å². The minimum absolute atomic E-state index is 0.0960. The van der Waals surface area contributed by atoms with Crippen molar-refractivity contribution in [3.05, 3.63) is 11.6 Å². The molecular formula is C25H42O2. The van der Waals surface area contributed by atoms with Gasteiger partial charge in [-0.2, -0.15) is 0 Å². The molecule has 2 nitrogen and oxygen atoms in total. The predicted octanol–water partition coefficient (Wildman–Crippen LogP) is 5.87. The molecule has 0 amide bonds. The molecule has 27 heavy (non-hydrogen) atoms. The molecule has 4 rings (SSSR count). The molecule has 2 N–H and O–H groups in total. The molecule has 154 valence electrons. The van der Waals surface area contributed by atoms with Crippen LogP contribution < -0.4 is 0 Å². The van der Waals surface area contributed by atoms with E-state index in [-0.39, 0.29) is 6.10 Å². The second-order valence-electron chi connectivity index (χ2n) is 11.7. The smallest absolute Gasteiger partial charge is 0.0591 e. The molecule has 0 bridgehead atoms. The third-order valence-corrected chi connectivity index (χ3v) is 9.62. The van der Waals surface area contributed by atoms with Gasteiger partial charge in [0.2, 0.25) is 0 Å². The predicted molar refractivity (Wildman–Crippen MR) is 111 cm³/mol. The molecule has 0 radical (unpaired) electrons. The lowest BCUT2D eigenvalue weighted by molar-refractivity contribution is -0.0514. The number of allylic oxidation sites excluding steroid dienone is 1. The maximum Gasteiger partial charge on any atom is 0.0591 e. The molecule has 0 heterocycles. The normalized spacial score (nSPS) is 47.0. The molecule has 0 aliphatic heterocycles. The van der Waals surface area contributed by atoms with E-state index in [1.165, 1.54) is 51.4 Å². The Balaban J connectivity index is 1.49. The Hall–Kier alpha value is -0.340. The van der Waals surface area contributed by atoms with Crippen molar-refractivity contribution in [3.63, 3.8) is 0 Å². The Labute approximate surface area is 166 Å². The van der Waals surface area contributed by atoms with Crippen LogP contribution in [-0.2, 0) is 0 Å². The van der Waals surface area contributed by atoms with E-state index in [0.29, 0.717) is 10.8 Å². The summed E-state index contributed by atoms with van der Waals surface area (Å²) in [5, 5.41) is 20.2. The molecule has 3 unspecified atom stereocenters. The molecular weight excluding hydrogens is 332 g/mol. The van der Waals surface area contributed by atoms with Crippen LogP contribution in [0.1, 0.15) is 98.3 Å². The van der Waals surface area contributed by atoms with Gasteiger partial charge in [0.1, 0.15) is 0 Å². The van der Waals surface area contributed by atoms with E-state index in [2.05, 4.69) is 19.9 Å². The topological polar surface area (TPSA) is 40.5 Å². The van der Waals surface area contributed by atoms with E-state index in [1.54, 1.807) is 5.57 Å². The molecule has 2 heteroatoms. The van der Waals surface area contributed by atoms with Gasteiger partial charge in [0, 0.05) is 0 Å². The molecule has 0 spiro atoms. The second kappa shape index (κ2) is 6.87. The number of fused-ring (bicyclic) bond motifs is 5. The van der Waals surface area contributed by atoms with Crippen molar-refractivity contribution >= 4 is 0 Å². The maximum atomic E-state index is 10.2. The maximum absolute atomic E-state index is 10.2. The van der Waals surface area contributed by atoms with Crippen LogP contribution in [0.15, 0.2) is 11.6 Å². The summed E-state index contributed by atoms with van der Waals surface area (Å²) in [6.07, 6.45) is 15.9. The molecule has 3 fully saturated rings. The largest absolute Gasteiger partial charge is 0.393 e. The zero-order chi connectivity index (χ0) is 19.4. The lowest BCUT2D eigenvalue weighted by Gasteiger charge is -2.58. The summed E-state index contributed by atoms with van der Waals surface area (Å²) < 4.78 is 0. The first-order valence-corrected chi connectivity index (χ1v) is 11.7.